The third-order valence-corrected chi connectivity index (χ3v) is 3.83. The molecule has 0 aliphatic rings. The molecule has 0 heterocycles. The second-order valence-electron chi connectivity index (χ2n) is 3.72. The maximum absolute atomic E-state index is 12.2. The third-order valence-electron chi connectivity index (χ3n) is 2.43. The molecule has 84 valence electrons. The molecule has 0 aromatic heterocycles. The summed E-state index contributed by atoms with van der Waals surface area (Å²) < 4.78 is 12.2. The molecule has 3 heteroatoms. The van der Waals surface area contributed by atoms with E-state index in [4.69, 9.17) is 5.26 Å². The molecular formula is C14H11NOS. The standard InChI is InChI=1S/C14H11NOS/c1-11-2-6-13(7-3-11)17(16)14-8-4-12(10-15)5-9-14/h2-9H,1H3. The van der Waals surface area contributed by atoms with Gasteiger partial charge in [-0.3, -0.25) is 0 Å². The zero-order valence-electron chi connectivity index (χ0n) is 9.38. The summed E-state index contributed by atoms with van der Waals surface area (Å²) in [6.45, 7) is 1.99. The number of hydrogen-bond donors (Lipinski definition) is 0. The van der Waals surface area contributed by atoms with Crippen LogP contribution in [0.3, 0.4) is 0 Å². The van der Waals surface area contributed by atoms with Gasteiger partial charge in [-0.05, 0) is 43.3 Å². The lowest BCUT2D eigenvalue weighted by Gasteiger charge is -2.02. The van der Waals surface area contributed by atoms with Crippen LogP contribution in [0.2, 0.25) is 0 Å². The SMILES string of the molecule is Cc1ccc(S(=O)c2ccc(C#N)cc2)cc1. The Bertz CT molecular complexity index is 579. The van der Waals surface area contributed by atoms with Gasteiger partial charge in [0, 0.05) is 9.79 Å². The van der Waals surface area contributed by atoms with Gasteiger partial charge in [-0.25, -0.2) is 4.21 Å². The molecule has 0 N–H and O–H groups in total. The van der Waals surface area contributed by atoms with Crippen LogP contribution in [0.25, 0.3) is 0 Å². The molecular weight excluding hydrogens is 230 g/mol. The smallest absolute Gasteiger partial charge is 0.0991 e. The molecule has 0 aliphatic heterocycles. The van der Waals surface area contributed by atoms with Gasteiger partial charge in [0.2, 0.25) is 0 Å². The summed E-state index contributed by atoms with van der Waals surface area (Å²) >= 11 is 0. The molecule has 0 spiro atoms. The molecule has 1 atom stereocenters. The maximum atomic E-state index is 12.2. The molecule has 17 heavy (non-hydrogen) atoms. The van der Waals surface area contributed by atoms with Crippen LogP contribution in [0.15, 0.2) is 58.3 Å². The Morgan fingerprint density at radius 3 is 1.88 bits per heavy atom. The van der Waals surface area contributed by atoms with E-state index in [1.165, 1.54) is 0 Å². The number of aryl methyl sites for hydroxylation is 1. The highest BCUT2D eigenvalue weighted by molar-refractivity contribution is 7.85. The molecule has 0 saturated carbocycles. The average Bonchev–Trinajstić information content (AvgIpc) is 2.39. The van der Waals surface area contributed by atoms with E-state index < -0.39 is 10.8 Å². The fourth-order valence-electron chi connectivity index (χ4n) is 1.45. The Balaban J connectivity index is 2.31. The van der Waals surface area contributed by atoms with Crippen molar-refractivity contribution in [3.8, 4) is 6.07 Å². The quantitative estimate of drug-likeness (QED) is 0.810. The minimum atomic E-state index is -1.17. The second kappa shape index (κ2) is 4.94. The predicted molar refractivity (Wildman–Crippen MR) is 67.0 cm³/mol. The van der Waals surface area contributed by atoms with E-state index in [1.54, 1.807) is 24.3 Å². The molecule has 0 radical (unpaired) electrons. The van der Waals surface area contributed by atoms with E-state index in [-0.39, 0.29) is 0 Å². The van der Waals surface area contributed by atoms with Gasteiger partial charge < -0.3 is 0 Å². The lowest BCUT2D eigenvalue weighted by molar-refractivity contribution is 0.683. The summed E-state index contributed by atoms with van der Waals surface area (Å²) in [6.07, 6.45) is 0. The highest BCUT2D eigenvalue weighted by atomic mass is 32.2. The first-order valence-electron chi connectivity index (χ1n) is 5.19. The van der Waals surface area contributed by atoms with Crippen LogP contribution in [-0.4, -0.2) is 4.21 Å². The van der Waals surface area contributed by atoms with Crippen molar-refractivity contribution in [2.75, 3.05) is 0 Å². The fraction of sp³-hybridized carbons (Fsp3) is 0.0714. The predicted octanol–water partition coefficient (Wildman–Crippen LogP) is 3.03. The summed E-state index contributed by atoms with van der Waals surface area (Å²) in [6, 6.07) is 16.5. The van der Waals surface area contributed by atoms with Gasteiger partial charge in [-0.1, -0.05) is 17.7 Å². The molecule has 0 saturated heterocycles. The normalized spacial score (nSPS) is 11.8. The molecule has 0 bridgehead atoms. The van der Waals surface area contributed by atoms with E-state index in [1.807, 2.05) is 37.3 Å². The second-order valence-corrected chi connectivity index (χ2v) is 5.20. The fourth-order valence-corrected chi connectivity index (χ4v) is 2.49. The van der Waals surface area contributed by atoms with Crippen molar-refractivity contribution in [1.29, 1.82) is 5.26 Å². The van der Waals surface area contributed by atoms with Crippen LogP contribution >= 0.6 is 0 Å². The summed E-state index contributed by atoms with van der Waals surface area (Å²) in [4.78, 5) is 1.49. The van der Waals surface area contributed by atoms with Crippen LogP contribution in [-0.2, 0) is 10.8 Å². The summed E-state index contributed by atoms with van der Waals surface area (Å²) in [5.41, 5.74) is 1.72. The van der Waals surface area contributed by atoms with Crippen molar-refractivity contribution in [2.24, 2.45) is 0 Å². The Hall–Kier alpha value is -1.92. The molecule has 2 rings (SSSR count). The third kappa shape index (κ3) is 2.61. The van der Waals surface area contributed by atoms with Gasteiger partial charge >= 0.3 is 0 Å². The van der Waals surface area contributed by atoms with Gasteiger partial charge in [0.1, 0.15) is 0 Å². The lowest BCUT2D eigenvalue weighted by atomic mass is 10.2. The summed E-state index contributed by atoms with van der Waals surface area (Å²) in [7, 11) is -1.17. The topological polar surface area (TPSA) is 40.9 Å². The van der Waals surface area contributed by atoms with Crippen molar-refractivity contribution in [3.63, 3.8) is 0 Å². The summed E-state index contributed by atoms with van der Waals surface area (Å²) in [5, 5.41) is 8.69. The molecule has 0 aliphatic carbocycles. The summed E-state index contributed by atoms with van der Waals surface area (Å²) in [5.74, 6) is 0. The molecule has 2 nitrogen and oxygen atoms in total. The van der Waals surface area contributed by atoms with E-state index in [0.717, 1.165) is 10.5 Å². The van der Waals surface area contributed by atoms with Gasteiger partial charge in [0.25, 0.3) is 0 Å². The Morgan fingerprint density at radius 2 is 1.41 bits per heavy atom. The number of hydrogen-bond acceptors (Lipinski definition) is 2. The first-order valence-corrected chi connectivity index (χ1v) is 6.34. The monoisotopic (exact) mass is 241 g/mol. The van der Waals surface area contributed by atoms with Crippen molar-refractivity contribution in [2.45, 2.75) is 16.7 Å². The average molecular weight is 241 g/mol. The highest BCUT2D eigenvalue weighted by Gasteiger charge is 2.06. The molecule has 0 amide bonds. The van der Waals surface area contributed by atoms with Crippen molar-refractivity contribution < 1.29 is 4.21 Å². The molecule has 0 fully saturated rings. The highest BCUT2D eigenvalue weighted by Crippen LogP contribution is 2.17. The van der Waals surface area contributed by atoms with Crippen LogP contribution in [0.1, 0.15) is 11.1 Å². The van der Waals surface area contributed by atoms with Gasteiger partial charge in [-0.15, -0.1) is 0 Å². The first-order chi connectivity index (χ1) is 8.20. The Morgan fingerprint density at radius 1 is 0.941 bits per heavy atom. The van der Waals surface area contributed by atoms with E-state index in [9.17, 15) is 4.21 Å². The van der Waals surface area contributed by atoms with Crippen molar-refractivity contribution in [3.05, 3.63) is 59.7 Å². The van der Waals surface area contributed by atoms with Crippen LogP contribution in [0.4, 0.5) is 0 Å². The minimum Gasteiger partial charge on any atom is -0.249 e. The Labute approximate surface area is 103 Å². The lowest BCUT2D eigenvalue weighted by Crippen LogP contribution is -1.92. The maximum Gasteiger partial charge on any atom is 0.0991 e. The van der Waals surface area contributed by atoms with Gasteiger partial charge in [-0.2, -0.15) is 5.26 Å². The van der Waals surface area contributed by atoms with Crippen LogP contribution < -0.4 is 0 Å². The Kier molecular flexibility index (Phi) is 3.36. The zero-order valence-corrected chi connectivity index (χ0v) is 10.2. The van der Waals surface area contributed by atoms with Gasteiger partial charge in [0.15, 0.2) is 0 Å². The van der Waals surface area contributed by atoms with Crippen LogP contribution in [0.5, 0.6) is 0 Å². The zero-order chi connectivity index (χ0) is 12.3. The number of nitrogens with zero attached hydrogens (tertiary/aromatic N) is 1. The number of nitriles is 1. The number of benzene rings is 2. The molecule has 1 unspecified atom stereocenters. The minimum absolute atomic E-state index is 0.578. The molecule has 2 aromatic carbocycles. The largest absolute Gasteiger partial charge is 0.249 e. The number of rotatable bonds is 2. The van der Waals surface area contributed by atoms with Crippen LogP contribution in [0, 0.1) is 18.3 Å². The van der Waals surface area contributed by atoms with E-state index in [2.05, 4.69) is 0 Å². The van der Waals surface area contributed by atoms with Crippen molar-refractivity contribution >= 4 is 10.8 Å². The van der Waals surface area contributed by atoms with Gasteiger partial charge in [0.05, 0.1) is 22.4 Å². The first kappa shape index (κ1) is 11.6. The van der Waals surface area contributed by atoms with E-state index in [0.29, 0.717) is 10.5 Å². The van der Waals surface area contributed by atoms with Crippen molar-refractivity contribution in [1.82, 2.24) is 0 Å². The van der Waals surface area contributed by atoms with E-state index >= 15 is 0 Å². The molecule has 2 aromatic rings.